The molecule has 148 valence electrons. The number of rotatable bonds is 5. The smallest absolute Gasteiger partial charge is 0.262 e. The molecule has 0 saturated carbocycles. The Morgan fingerprint density at radius 1 is 1.07 bits per heavy atom. The number of benzene rings is 2. The molecule has 0 fully saturated rings. The summed E-state index contributed by atoms with van der Waals surface area (Å²) in [5.74, 6) is 0.517. The lowest BCUT2D eigenvalue weighted by Gasteiger charge is -2.11. The Kier molecular flexibility index (Phi) is 4.75. The largest absolute Gasteiger partial charge is 0.334 e. The summed E-state index contributed by atoms with van der Waals surface area (Å²) in [5, 5.41) is 4.13. The van der Waals surface area contributed by atoms with E-state index >= 15 is 0 Å². The monoisotopic (exact) mass is 412 g/mol. The number of hydrogen-bond donors (Lipinski definition) is 1. The summed E-state index contributed by atoms with van der Waals surface area (Å²) in [4.78, 5) is 8.19. The minimum atomic E-state index is -3.95. The van der Waals surface area contributed by atoms with Crippen LogP contribution >= 0.6 is 0 Å². The summed E-state index contributed by atoms with van der Waals surface area (Å²) >= 11 is 0. The topological polar surface area (TPSA) is 98.0 Å². The van der Waals surface area contributed by atoms with Crippen LogP contribution in [0.1, 0.15) is 25.6 Å². The summed E-state index contributed by atoms with van der Waals surface area (Å²) in [6.07, 6.45) is 1.41. The van der Waals surface area contributed by atoms with E-state index in [-0.39, 0.29) is 21.7 Å². The van der Waals surface area contributed by atoms with Crippen LogP contribution in [0, 0.1) is 5.82 Å². The first-order valence-electron chi connectivity index (χ1n) is 8.85. The first-order chi connectivity index (χ1) is 13.8. The summed E-state index contributed by atoms with van der Waals surface area (Å²) in [7, 11) is -3.95. The van der Waals surface area contributed by atoms with Crippen molar-refractivity contribution in [3.8, 4) is 11.5 Å². The third-order valence-electron chi connectivity index (χ3n) is 4.31. The third-order valence-corrected chi connectivity index (χ3v) is 5.75. The van der Waals surface area contributed by atoms with Crippen molar-refractivity contribution in [1.29, 1.82) is 0 Å². The molecular weight excluding hydrogens is 395 g/mol. The van der Waals surface area contributed by atoms with Crippen LogP contribution in [0.3, 0.4) is 0 Å². The van der Waals surface area contributed by atoms with E-state index in [2.05, 4.69) is 19.8 Å². The van der Waals surface area contributed by atoms with Crippen molar-refractivity contribution in [1.82, 2.24) is 15.1 Å². The molecule has 0 unspecified atom stereocenters. The Labute approximate surface area is 166 Å². The molecule has 2 aromatic carbocycles. The van der Waals surface area contributed by atoms with Crippen LogP contribution in [0.2, 0.25) is 0 Å². The van der Waals surface area contributed by atoms with Gasteiger partial charge >= 0.3 is 0 Å². The molecule has 0 radical (unpaired) electrons. The summed E-state index contributed by atoms with van der Waals surface area (Å²) in [5.41, 5.74) is 1.02. The molecule has 29 heavy (non-hydrogen) atoms. The van der Waals surface area contributed by atoms with Crippen molar-refractivity contribution < 1.29 is 17.3 Å². The van der Waals surface area contributed by atoms with E-state index in [1.807, 2.05) is 13.8 Å². The Morgan fingerprint density at radius 3 is 2.52 bits per heavy atom. The average molecular weight is 412 g/mol. The molecule has 2 heterocycles. The fraction of sp³-hybridized carbons (Fsp3) is 0.150. The van der Waals surface area contributed by atoms with E-state index in [1.165, 1.54) is 18.3 Å². The fourth-order valence-corrected chi connectivity index (χ4v) is 4.08. The van der Waals surface area contributed by atoms with E-state index in [9.17, 15) is 12.8 Å². The maximum atomic E-state index is 13.9. The van der Waals surface area contributed by atoms with Gasteiger partial charge in [0.1, 0.15) is 11.3 Å². The molecular formula is C20H17FN4O3S. The predicted octanol–water partition coefficient (Wildman–Crippen LogP) is 4.35. The molecule has 0 aliphatic carbocycles. The fourth-order valence-electron chi connectivity index (χ4n) is 2.82. The van der Waals surface area contributed by atoms with Crippen molar-refractivity contribution in [2.24, 2.45) is 0 Å². The first kappa shape index (κ1) is 19.0. The number of hydrogen-bond acceptors (Lipinski definition) is 6. The second-order valence-corrected chi connectivity index (χ2v) is 8.39. The van der Waals surface area contributed by atoms with Gasteiger partial charge in [-0.3, -0.25) is 9.71 Å². The van der Waals surface area contributed by atoms with Gasteiger partial charge in [-0.1, -0.05) is 19.0 Å². The molecule has 1 N–H and O–H groups in total. The number of halogens is 1. The molecule has 2 aromatic heterocycles. The standard InChI is InChI=1S/C20H17FN4O3S/c1-12(2)19-23-20(28-24-19)13-5-7-14(8-6-13)25-29(26,27)17-10-9-16(21)18-15(17)4-3-11-22-18/h3-12,25H,1-2H3. The lowest BCUT2D eigenvalue weighted by atomic mass is 10.2. The Bertz CT molecular complexity index is 1280. The Balaban J connectivity index is 1.63. The lowest BCUT2D eigenvalue weighted by Crippen LogP contribution is -2.13. The summed E-state index contributed by atoms with van der Waals surface area (Å²) in [6, 6.07) is 11.9. The molecule has 0 aliphatic heterocycles. The van der Waals surface area contributed by atoms with Crippen molar-refractivity contribution in [2.75, 3.05) is 4.72 Å². The molecule has 0 aliphatic rings. The number of anilines is 1. The normalized spacial score (nSPS) is 11.9. The van der Waals surface area contributed by atoms with Crippen molar-refractivity contribution in [2.45, 2.75) is 24.7 Å². The van der Waals surface area contributed by atoms with Gasteiger partial charge in [0, 0.05) is 28.8 Å². The highest BCUT2D eigenvalue weighted by molar-refractivity contribution is 7.93. The Morgan fingerprint density at radius 2 is 1.83 bits per heavy atom. The molecule has 7 nitrogen and oxygen atoms in total. The predicted molar refractivity (Wildman–Crippen MR) is 106 cm³/mol. The molecule has 4 rings (SSSR count). The minimum Gasteiger partial charge on any atom is -0.334 e. The van der Waals surface area contributed by atoms with Crippen LogP contribution in [0.5, 0.6) is 0 Å². The van der Waals surface area contributed by atoms with Gasteiger partial charge in [0.05, 0.1) is 4.90 Å². The highest BCUT2D eigenvalue weighted by atomic mass is 32.2. The van der Waals surface area contributed by atoms with Gasteiger partial charge in [0.15, 0.2) is 5.82 Å². The lowest BCUT2D eigenvalue weighted by molar-refractivity contribution is 0.419. The summed E-state index contributed by atoms with van der Waals surface area (Å²) in [6.45, 7) is 3.92. The molecule has 0 saturated heterocycles. The number of fused-ring (bicyclic) bond motifs is 1. The van der Waals surface area contributed by atoms with Gasteiger partial charge in [-0.05, 0) is 48.5 Å². The van der Waals surface area contributed by atoms with Crippen LogP contribution in [0.15, 0.2) is 64.1 Å². The SMILES string of the molecule is CC(C)c1noc(-c2ccc(NS(=O)(=O)c3ccc(F)c4ncccc34)cc2)n1. The third kappa shape index (κ3) is 3.68. The molecule has 9 heteroatoms. The maximum absolute atomic E-state index is 13.9. The highest BCUT2D eigenvalue weighted by Crippen LogP contribution is 2.27. The number of pyridine rings is 1. The average Bonchev–Trinajstić information content (AvgIpc) is 3.19. The van der Waals surface area contributed by atoms with E-state index in [1.54, 1.807) is 30.3 Å². The number of nitrogens with one attached hydrogen (secondary N) is 1. The maximum Gasteiger partial charge on any atom is 0.262 e. The minimum absolute atomic E-state index is 0.00285. The van der Waals surface area contributed by atoms with Gasteiger partial charge in [-0.2, -0.15) is 4.98 Å². The second-order valence-electron chi connectivity index (χ2n) is 6.74. The van der Waals surface area contributed by atoms with Crippen LogP contribution in [-0.4, -0.2) is 23.5 Å². The van der Waals surface area contributed by atoms with Crippen LogP contribution in [0.25, 0.3) is 22.4 Å². The zero-order valence-corrected chi connectivity index (χ0v) is 16.4. The van der Waals surface area contributed by atoms with E-state index in [0.717, 1.165) is 6.07 Å². The van der Waals surface area contributed by atoms with Crippen LogP contribution in [0.4, 0.5) is 10.1 Å². The Hall–Kier alpha value is -3.33. The number of aromatic nitrogens is 3. The highest BCUT2D eigenvalue weighted by Gasteiger charge is 2.20. The zero-order chi connectivity index (χ0) is 20.6. The van der Waals surface area contributed by atoms with Gasteiger partial charge in [0.2, 0.25) is 0 Å². The quantitative estimate of drug-likeness (QED) is 0.523. The van der Waals surface area contributed by atoms with Crippen molar-refractivity contribution >= 4 is 26.6 Å². The number of sulfonamides is 1. The first-order valence-corrected chi connectivity index (χ1v) is 10.3. The zero-order valence-electron chi connectivity index (χ0n) is 15.6. The molecule has 0 atom stereocenters. The van der Waals surface area contributed by atoms with Gasteiger partial charge in [-0.25, -0.2) is 12.8 Å². The number of nitrogens with zero attached hydrogens (tertiary/aromatic N) is 3. The van der Waals surface area contributed by atoms with E-state index in [0.29, 0.717) is 23.0 Å². The van der Waals surface area contributed by atoms with Crippen molar-refractivity contribution in [3.63, 3.8) is 0 Å². The summed E-state index contributed by atoms with van der Waals surface area (Å²) < 4.78 is 47.4. The molecule has 4 aromatic rings. The molecule has 0 bridgehead atoms. The van der Waals surface area contributed by atoms with Gasteiger partial charge in [0.25, 0.3) is 15.9 Å². The molecule has 0 amide bonds. The van der Waals surface area contributed by atoms with Gasteiger partial charge < -0.3 is 4.52 Å². The van der Waals surface area contributed by atoms with Crippen LogP contribution in [-0.2, 0) is 10.0 Å². The van der Waals surface area contributed by atoms with E-state index in [4.69, 9.17) is 4.52 Å². The van der Waals surface area contributed by atoms with Crippen molar-refractivity contribution in [3.05, 3.63) is 66.4 Å². The van der Waals surface area contributed by atoms with Gasteiger partial charge in [-0.15, -0.1) is 0 Å². The van der Waals surface area contributed by atoms with E-state index < -0.39 is 15.8 Å². The second kappa shape index (κ2) is 7.25. The molecule has 0 spiro atoms. The van der Waals surface area contributed by atoms with Crippen LogP contribution < -0.4 is 4.72 Å².